The summed E-state index contributed by atoms with van der Waals surface area (Å²) in [6.45, 7) is 0. The van der Waals surface area contributed by atoms with Crippen molar-refractivity contribution in [2.75, 3.05) is 10.9 Å². The largest absolute Gasteiger partial charge is 0.418 e. The Hall–Kier alpha value is -3.86. The first-order chi connectivity index (χ1) is 16.2. The molecule has 4 N–H and O–H groups in total. The van der Waals surface area contributed by atoms with Crippen LogP contribution in [-0.4, -0.2) is 11.8 Å². The highest BCUT2D eigenvalue weighted by molar-refractivity contribution is 6.35. The van der Waals surface area contributed by atoms with Gasteiger partial charge in [0, 0.05) is 0 Å². The van der Waals surface area contributed by atoms with E-state index in [4.69, 9.17) is 0 Å². The number of hydrogen-bond acceptors (Lipinski definition) is 4. The molecule has 0 saturated heterocycles. The first-order valence-corrected chi connectivity index (χ1v) is 8.90. The Balaban J connectivity index is 2.14. The highest BCUT2D eigenvalue weighted by Crippen LogP contribution is 2.40. The highest BCUT2D eigenvalue weighted by Gasteiger charge is 2.39. The molecule has 0 atom stereocenters. The molecule has 6 nitrogen and oxygen atoms in total. The fraction of sp³-hybridized carbons (Fsp3) is 0.222. The Kier molecular flexibility index (Phi) is 7.61. The number of hydrazine groups is 2. The molecule has 0 aliphatic rings. The van der Waals surface area contributed by atoms with E-state index in [1.54, 1.807) is 10.9 Å². The Labute approximate surface area is 191 Å². The standard InChI is InChI=1S/C18H10F12N4O2/c19-15(20,21)7-1-3-11(9(5-7)17(25,26)27)31-33-13(35)14(36)34-32-12-4-2-8(16(22,23)24)6-10(12)18(28,29)30/h1-6,31-32H,(H,33,35)(H,34,36). The van der Waals surface area contributed by atoms with Crippen LogP contribution in [0.4, 0.5) is 64.1 Å². The van der Waals surface area contributed by atoms with Crippen molar-refractivity contribution in [2.24, 2.45) is 0 Å². The van der Waals surface area contributed by atoms with Gasteiger partial charge in [0.05, 0.1) is 33.6 Å². The van der Waals surface area contributed by atoms with Crippen LogP contribution < -0.4 is 21.7 Å². The molecule has 0 bridgehead atoms. The van der Waals surface area contributed by atoms with Crippen molar-refractivity contribution in [3.05, 3.63) is 58.7 Å². The van der Waals surface area contributed by atoms with Gasteiger partial charge in [-0.1, -0.05) is 0 Å². The van der Waals surface area contributed by atoms with Crippen LogP contribution in [0.5, 0.6) is 0 Å². The normalized spacial score (nSPS) is 12.7. The van der Waals surface area contributed by atoms with Crippen LogP contribution >= 0.6 is 0 Å². The summed E-state index contributed by atoms with van der Waals surface area (Å²) in [6, 6.07) is 0.488. The van der Waals surface area contributed by atoms with Crippen molar-refractivity contribution >= 4 is 23.2 Å². The molecule has 0 radical (unpaired) electrons. The third kappa shape index (κ3) is 7.08. The first-order valence-electron chi connectivity index (χ1n) is 8.90. The zero-order valence-corrected chi connectivity index (χ0v) is 16.8. The summed E-state index contributed by atoms with van der Waals surface area (Å²) >= 11 is 0. The topological polar surface area (TPSA) is 82.3 Å². The molecule has 0 unspecified atom stereocenters. The second-order valence-electron chi connectivity index (χ2n) is 6.67. The van der Waals surface area contributed by atoms with Crippen LogP contribution in [0.1, 0.15) is 22.3 Å². The van der Waals surface area contributed by atoms with Crippen molar-refractivity contribution in [3.8, 4) is 0 Å². The van der Waals surface area contributed by atoms with Crippen molar-refractivity contribution in [3.63, 3.8) is 0 Å². The average Bonchev–Trinajstić information content (AvgIpc) is 2.72. The lowest BCUT2D eigenvalue weighted by atomic mass is 10.1. The summed E-state index contributed by atoms with van der Waals surface area (Å²) in [5, 5.41) is 0. The highest BCUT2D eigenvalue weighted by atomic mass is 19.4. The van der Waals surface area contributed by atoms with Gasteiger partial charge in [-0.3, -0.25) is 31.3 Å². The molecule has 2 amide bonds. The van der Waals surface area contributed by atoms with Gasteiger partial charge in [-0.2, -0.15) is 52.7 Å². The molecule has 0 aliphatic heterocycles. The van der Waals surface area contributed by atoms with Crippen LogP contribution in [0.15, 0.2) is 36.4 Å². The minimum absolute atomic E-state index is 0.231. The fourth-order valence-electron chi connectivity index (χ4n) is 2.49. The van der Waals surface area contributed by atoms with Crippen LogP contribution in [-0.2, 0) is 34.3 Å². The summed E-state index contributed by atoms with van der Waals surface area (Å²) < 4.78 is 154. The van der Waals surface area contributed by atoms with Gasteiger partial charge in [0.15, 0.2) is 0 Å². The van der Waals surface area contributed by atoms with Gasteiger partial charge >= 0.3 is 36.5 Å². The van der Waals surface area contributed by atoms with Crippen molar-refractivity contribution < 1.29 is 62.3 Å². The predicted molar refractivity (Wildman–Crippen MR) is 96.4 cm³/mol. The SMILES string of the molecule is O=C(NNc1ccc(C(F)(F)F)cc1C(F)(F)F)C(=O)NNc1ccc(C(F)(F)F)cc1C(F)(F)F. The number of carbonyl (C=O) groups excluding carboxylic acids is 2. The summed E-state index contributed by atoms with van der Waals surface area (Å²) in [5.41, 5.74) is -3.46. The Bertz CT molecular complexity index is 1050. The van der Waals surface area contributed by atoms with E-state index in [2.05, 4.69) is 0 Å². The van der Waals surface area contributed by atoms with E-state index in [-0.39, 0.29) is 24.3 Å². The smallest absolute Gasteiger partial charge is 0.298 e. The van der Waals surface area contributed by atoms with Crippen molar-refractivity contribution in [1.29, 1.82) is 0 Å². The van der Waals surface area contributed by atoms with Crippen LogP contribution in [0.25, 0.3) is 0 Å². The van der Waals surface area contributed by atoms with E-state index >= 15 is 0 Å². The summed E-state index contributed by atoms with van der Waals surface area (Å²) in [7, 11) is 0. The molecule has 0 heterocycles. The van der Waals surface area contributed by atoms with E-state index in [1.165, 1.54) is 10.9 Å². The van der Waals surface area contributed by atoms with Gasteiger partial charge in [-0.05, 0) is 36.4 Å². The monoisotopic (exact) mass is 542 g/mol. The molecular weight excluding hydrogens is 532 g/mol. The number of alkyl halides is 12. The fourth-order valence-corrected chi connectivity index (χ4v) is 2.49. The number of nitrogens with one attached hydrogen (secondary N) is 4. The molecule has 0 spiro atoms. The Morgan fingerprint density at radius 2 is 0.806 bits per heavy atom. The van der Waals surface area contributed by atoms with E-state index in [0.29, 0.717) is 12.1 Å². The third-order valence-electron chi connectivity index (χ3n) is 4.13. The molecule has 198 valence electrons. The molecule has 2 aromatic rings. The number of anilines is 2. The van der Waals surface area contributed by atoms with Crippen LogP contribution in [0.3, 0.4) is 0 Å². The average molecular weight is 542 g/mol. The molecule has 0 aromatic heterocycles. The van der Waals surface area contributed by atoms with Gasteiger partial charge < -0.3 is 0 Å². The lowest BCUT2D eigenvalue weighted by Gasteiger charge is -2.18. The number of benzene rings is 2. The Morgan fingerprint density at radius 3 is 1.06 bits per heavy atom. The van der Waals surface area contributed by atoms with Gasteiger partial charge in [-0.25, -0.2) is 0 Å². The number of amides is 2. The lowest BCUT2D eigenvalue weighted by molar-refractivity contribution is -0.144. The summed E-state index contributed by atoms with van der Waals surface area (Å²) in [5.74, 6) is -3.67. The van der Waals surface area contributed by atoms with Gasteiger partial charge in [-0.15, -0.1) is 0 Å². The molecule has 0 saturated carbocycles. The molecule has 0 aliphatic carbocycles. The zero-order valence-electron chi connectivity index (χ0n) is 16.8. The molecule has 18 heteroatoms. The Morgan fingerprint density at radius 1 is 0.500 bits per heavy atom. The lowest BCUT2D eigenvalue weighted by Crippen LogP contribution is -2.44. The van der Waals surface area contributed by atoms with Gasteiger partial charge in [0.1, 0.15) is 0 Å². The minimum atomic E-state index is -5.34. The third-order valence-corrected chi connectivity index (χ3v) is 4.13. The molecule has 2 rings (SSSR count). The maximum Gasteiger partial charge on any atom is 0.418 e. The number of halogens is 12. The molecular formula is C18H10F12N4O2. The maximum absolute atomic E-state index is 13.1. The van der Waals surface area contributed by atoms with Crippen molar-refractivity contribution in [2.45, 2.75) is 24.7 Å². The van der Waals surface area contributed by atoms with E-state index < -0.39 is 70.1 Å². The molecule has 2 aromatic carbocycles. The van der Waals surface area contributed by atoms with Gasteiger partial charge in [0.2, 0.25) is 0 Å². The maximum atomic E-state index is 13.1. The summed E-state index contributed by atoms with van der Waals surface area (Å²) in [4.78, 5) is 23.5. The second-order valence-corrected chi connectivity index (χ2v) is 6.67. The van der Waals surface area contributed by atoms with E-state index in [1.807, 2.05) is 0 Å². The predicted octanol–water partition coefficient (Wildman–Crippen LogP) is 5.35. The second kappa shape index (κ2) is 9.65. The summed E-state index contributed by atoms with van der Waals surface area (Å²) in [6.07, 6.45) is -21.0. The minimum Gasteiger partial charge on any atom is -0.298 e. The van der Waals surface area contributed by atoms with Crippen molar-refractivity contribution in [1.82, 2.24) is 10.9 Å². The molecule has 0 fully saturated rings. The molecule has 36 heavy (non-hydrogen) atoms. The zero-order chi connectivity index (χ0) is 27.7. The van der Waals surface area contributed by atoms with Crippen LogP contribution in [0.2, 0.25) is 0 Å². The number of carbonyl (C=O) groups is 2. The first kappa shape index (κ1) is 28.4. The number of rotatable bonds is 4. The van der Waals surface area contributed by atoms with E-state index in [9.17, 15) is 62.3 Å². The van der Waals surface area contributed by atoms with E-state index in [0.717, 1.165) is 0 Å². The quantitative estimate of drug-likeness (QED) is 0.239. The van der Waals surface area contributed by atoms with Gasteiger partial charge in [0.25, 0.3) is 0 Å². The van der Waals surface area contributed by atoms with Crippen LogP contribution in [0, 0.1) is 0 Å². The number of hydrogen-bond donors (Lipinski definition) is 4.